The standard InChI is InChI=1S/C25H22ClN3O3S/c1-14-7-9-18(19(26)11-14)24-28-20-12-17(8-10-22(20)32-24)27-25(33)29-23(30)13-31-21-6-4-5-15(2)16(21)3/h4-12H,13H2,1-3H3,(H2,27,29,30,33). The van der Waals surface area contributed by atoms with E-state index in [1.165, 1.54) is 0 Å². The summed E-state index contributed by atoms with van der Waals surface area (Å²) in [7, 11) is 0. The predicted octanol–water partition coefficient (Wildman–Crippen LogP) is 5.97. The van der Waals surface area contributed by atoms with Crippen LogP contribution in [0, 0.1) is 20.8 Å². The zero-order valence-electron chi connectivity index (χ0n) is 18.4. The SMILES string of the molecule is Cc1ccc(-c2nc3cc(NC(=S)NC(=O)COc4cccc(C)c4C)ccc3o2)c(Cl)c1. The Morgan fingerprint density at radius 3 is 2.73 bits per heavy atom. The van der Waals surface area contributed by atoms with Crippen molar-refractivity contribution in [1.82, 2.24) is 10.3 Å². The Kier molecular flexibility index (Phi) is 6.62. The molecule has 4 aromatic rings. The highest BCUT2D eigenvalue weighted by Gasteiger charge is 2.13. The second-order valence-corrected chi connectivity index (χ2v) is 8.49. The van der Waals surface area contributed by atoms with Crippen molar-refractivity contribution in [2.24, 2.45) is 0 Å². The highest BCUT2D eigenvalue weighted by atomic mass is 35.5. The minimum atomic E-state index is -0.354. The summed E-state index contributed by atoms with van der Waals surface area (Å²) in [5.41, 5.74) is 5.79. The van der Waals surface area contributed by atoms with Crippen LogP contribution < -0.4 is 15.4 Å². The lowest BCUT2D eigenvalue weighted by molar-refractivity contribution is -0.121. The van der Waals surface area contributed by atoms with Gasteiger partial charge in [-0.15, -0.1) is 0 Å². The van der Waals surface area contributed by atoms with Gasteiger partial charge < -0.3 is 14.5 Å². The fourth-order valence-corrected chi connectivity index (χ4v) is 3.81. The van der Waals surface area contributed by atoms with Crippen LogP contribution >= 0.6 is 23.8 Å². The van der Waals surface area contributed by atoms with Crippen LogP contribution in [0.5, 0.6) is 5.75 Å². The van der Waals surface area contributed by atoms with Crippen LogP contribution in [-0.4, -0.2) is 22.6 Å². The molecule has 3 aromatic carbocycles. The van der Waals surface area contributed by atoms with Crippen molar-refractivity contribution >= 4 is 51.6 Å². The number of ether oxygens (including phenoxy) is 1. The average molecular weight is 480 g/mol. The van der Waals surface area contributed by atoms with E-state index in [0.717, 1.165) is 22.3 Å². The fraction of sp³-hybridized carbons (Fsp3) is 0.160. The van der Waals surface area contributed by atoms with Crippen molar-refractivity contribution in [3.05, 3.63) is 76.3 Å². The molecule has 0 bridgehead atoms. The van der Waals surface area contributed by atoms with Crippen molar-refractivity contribution < 1.29 is 13.9 Å². The molecule has 33 heavy (non-hydrogen) atoms. The molecule has 1 aromatic heterocycles. The summed E-state index contributed by atoms with van der Waals surface area (Å²) in [6.07, 6.45) is 0. The number of rotatable bonds is 5. The van der Waals surface area contributed by atoms with E-state index in [1.807, 2.05) is 57.2 Å². The number of aryl methyl sites for hydroxylation is 2. The molecule has 8 heteroatoms. The number of nitrogens with one attached hydrogen (secondary N) is 2. The molecule has 0 aliphatic rings. The van der Waals surface area contributed by atoms with E-state index in [-0.39, 0.29) is 17.6 Å². The van der Waals surface area contributed by atoms with E-state index in [0.29, 0.717) is 33.4 Å². The topological polar surface area (TPSA) is 76.4 Å². The summed E-state index contributed by atoms with van der Waals surface area (Å²) in [5.74, 6) is 0.754. The van der Waals surface area contributed by atoms with Crippen LogP contribution in [0.1, 0.15) is 16.7 Å². The second kappa shape index (κ2) is 9.60. The number of hydrogen-bond donors (Lipinski definition) is 2. The fourth-order valence-electron chi connectivity index (χ4n) is 3.26. The second-order valence-electron chi connectivity index (χ2n) is 7.67. The Balaban J connectivity index is 1.39. The van der Waals surface area contributed by atoms with Gasteiger partial charge in [-0.1, -0.05) is 29.8 Å². The van der Waals surface area contributed by atoms with Gasteiger partial charge in [0.25, 0.3) is 5.91 Å². The maximum atomic E-state index is 12.2. The van der Waals surface area contributed by atoms with Crippen LogP contribution in [0.2, 0.25) is 5.02 Å². The molecule has 168 valence electrons. The third kappa shape index (κ3) is 5.32. The number of anilines is 1. The number of oxazole rings is 1. The zero-order chi connectivity index (χ0) is 23.5. The predicted molar refractivity (Wildman–Crippen MR) is 135 cm³/mol. The van der Waals surface area contributed by atoms with Crippen molar-refractivity contribution in [2.75, 3.05) is 11.9 Å². The molecule has 4 rings (SSSR count). The van der Waals surface area contributed by atoms with Crippen molar-refractivity contribution in [1.29, 1.82) is 0 Å². The van der Waals surface area contributed by atoms with Crippen LogP contribution in [-0.2, 0) is 4.79 Å². The van der Waals surface area contributed by atoms with Gasteiger partial charge in [-0.2, -0.15) is 0 Å². The van der Waals surface area contributed by atoms with Crippen LogP contribution in [0.25, 0.3) is 22.6 Å². The minimum Gasteiger partial charge on any atom is -0.483 e. The number of nitrogens with zero attached hydrogens (tertiary/aromatic N) is 1. The largest absolute Gasteiger partial charge is 0.483 e. The average Bonchev–Trinajstić information content (AvgIpc) is 3.17. The molecule has 0 aliphatic carbocycles. The zero-order valence-corrected chi connectivity index (χ0v) is 19.9. The van der Waals surface area contributed by atoms with E-state index in [2.05, 4.69) is 15.6 Å². The quantitative estimate of drug-likeness (QED) is 0.344. The van der Waals surface area contributed by atoms with Crippen molar-refractivity contribution in [2.45, 2.75) is 20.8 Å². The molecule has 0 saturated heterocycles. The highest BCUT2D eigenvalue weighted by molar-refractivity contribution is 7.80. The maximum absolute atomic E-state index is 12.2. The summed E-state index contributed by atoms with van der Waals surface area (Å²) in [5, 5.41) is 6.34. The maximum Gasteiger partial charge on any atom is 0.264 e. The lowest BCUT2D eigenvalue weighted by atomic mass is 10.1. The molecule has 0 atom stereocenters. The Morgan fingerprint density at radius 1 is 1.12 bits per heavy atom. The van der Waals surface area contributed by atoms with Gasteiger partial charge in [0.05, 0.1) is 10.6 Å². The number of hydrogen-bond acceptors (Lipinski definition) is 5. The number of halogens is 1. The molecular weight excluding hydrogens is 458 g/mol. The van der Waals surface area contributed by atoms with Gasteiger partial charge in [0, 0.05) is 5.69 Å². The number of fused-ring (bicyclic) bond motifs is 1. The first-order valence-corrected chi connectivity index (χ1v) is 11.1. The first-order valence-electron chi connectivity index (χ1n) is 10.3. The number of carbonyl (C=O) groups is 1. The number of aromatic nitrogens is 1. The minimum absolute atomic E-state index is 0.144. The molecule has 1 heterocycles. The van der Waals surface area contributed by atoms with Gasteiger partial charge in [0.15, 0.2) is 17.3 Å². The van der Waals surface area contributed by atoms with Gasteiger partial charge >= 0.3 is 0 Å². The molecule has 0 radical (unpaired) electrons. The third-order valence-electron chi connectivity index (χ3n) is 5.17. The molecule has 2 N–H and O–H groups in total. The summed E-state index contributed by atoms with van der Waals surface area (Å²) in [6.45, 7) is 5.77. The molecule has 0 unspecified atom stereocenters. The Bertz CT molecular complexity index is 1370. The lowest BCUT2D eigenvalue weighted by Crippen LogP contribution is -2.37. The van der Waals surface area contributed by atoms with Crippen molar-refractivity contribution in [3.8, 4) is 17.2 Å². The van der Waals surface area contributed by atoms with Gasteiger partial charge in [-0.3, -0.25) is 10.1 Å². The van der Waals surface area contributed by atoms with E-state index < -0.39 is 0 Å². The Morgan fingerprint density at radius 2 is 1.94 bits per heavy atom. The highest BCUT2D eigenvalue weighted by Crippen LogP contribution is 2.31. The van der Waals surface area contributed by atoms with Crippen molar-refractivity contribution in [3.63, 3.8) is 0 Å². The number of thiocarbonyl (C=S) groups is 1. The van der Waals surface area contributed by atoms with Crippen LogP contribution in [0.15, 0.2) is 59.0 Å². The van der Waals surface area contributed by atoms with Gasteiger partial charge in [0.2, 0.25) is 5.89 Å². The Hall–Kier alpha value is -3.42. The summed E-state index contributed by atoms with van der Waals surface area (Å²) >= 11 is 11.6. The van der Waals surface area contributed by atoms with E-state index in [1.54, 1.807) is 18.2 Å². The van der Waals surface area contributed by atoms with E-state index in [9.17, 15) is 4.79 Å². The van der Waals surface area contributed by atoms with E-state index in [4.69, 9.17) is 33.0 Å². The van der Waals surface area contributed by atoms with E-state index >= 15 is 0 Å². The monoisotopic (exact) mass is 479 g/mol. The molecule has 0 saturated carbocycles. The first-order chi connectivity index (χ1) is 15.8. The van der Waals surface area contributed by atoms with Gasteiger partial charge in [-0.25, -0.2) is 4.98 Å². The molecule has 1 amide bonds. The lowest BCUT2D eigenvalue weighted by Gasteiger charge is -2.12. The number of carbonyl (C=O) groups excluding carboxylic acids is 1. The summed E-state index contributed by atoms with van der Waals surface area (Å²) in [4.78, 5) is 16.8. The Labute approximate surface area is 201 Å². The molecule has 0 aliphatic heterocycles. The first kappa shape index (κ1) is 22.8. The third-order valence-corrected chi connectivity index (χ3v) is 5.68. The molecule has 0 fully saturated rings. The normalized spacial score (nSPS) is 10.8. The van der Waals surface area contributed by atoms with Gasteiger partial charge in [0.1, 0.15) is 11.3 Å². The smallest absolute Gasteiger partial charge is 0.264 e. The van der Waals surface area contributed by atoms with Gasteiger partial charge in [-0.05, 0) is 86.1 Å². The van der Waals surface area contributed by atoms with Crippen LogP contribution in [0.3, 0.4) is 0 Å². The molecule has 6 nitrogen and oxygen atoms in total. The molecular formula is C25H22ClN3O3S. The van der Waals surface area contributed by atoms with Crippen LogP contribution in [0.4, 0.5) is 5.69 Å². The molecule has 0 spiro atoms. The summed E-state index contributed by atoms with van der Waals surface area (Å²) < 4.78 is 11.5. The number of amides is 1. The number of benzene rings is 3. The summed E-state index contributed by atoms with van der Waals surface area (Å²) in [6, 6.07) is 16.8.